The molecular weight excluding hydrogens is 408 g/mol. The zero-order valence-corrected chi connectivity index (χ0v) is 17.5. The Bertz CT molecular complexity index is 1060. The lowest BCUT2D eigenvalue weighted by molar-refractivity contribution is 0.0597. The molecule has 156 valence electrons. The van der Waals surface area contributed by atoms with Gasteiger partial charge in [-0.1, -0.05) is 17.7 Å². The Morgan fingerprint density at radius 3 is 2.30 bits per heavy atom. The van der Waals surface area contributed by atoms with Crippen molar-refractivity contribution in [3.05, 3.63) is 76.6 Å². The largest absolute Gasteiger partial charge is 0.496 e. The third kappa shape index (κ3) is 4.41. The molecule has 0 radical (unpaired) electrons. The third-order valence-corrected chi connectivity index (χ3v) is 4.82. The molecule has 7 nitrogen and oxygen atoms in total. The number of benzene rings is 2. The van der Waals surface area contributed by atoms with Gasteiger partial charge in [0.25, 0.3) is 5.91 Å². The van der Waals surface area contributed by atoms with Crippen LogP contribution >= 0.6 is 11.6 Å². The van der Waals surface area contributed by atoms with Crippen LogP contribution in [0.5, 0.6) is 11.5 Å². The average molecular weight is 429 g/mol. The highest BCUT2D eigenvalue weighted by Crippen LogP contribution is 2.30. The first-order chi connectivity index (χ1) is 14.5. The van der Waals surface area contributed by atoms with Crippen LogP contribution in [0.15, 0.2) is 54.9 Å². The molecule has 1 N–H and O–H groups in total. The molecule has 30 heavy (non-hydrogen) atoms. The number of hydrogen-bond acceptors (Lipinski definition) is 5. The standard InChI is InChI=1S/C22H21ClN2O5/c1-28-19-7-6-14(10-16(19)22(27)30-3)13-24-21(26)15-11-17(23)18(12-20(15)29-2)25-8-4-5-9-25/h4-12H,13H2,1-3H3,(H,24,26). The number of amides is 1. The highest BCUT2D eigenvalue weighted by Gasteiger charge is 2.18. The molecule has 0 aliphatic carbocycles. The minimum absolute atomic E-state index is 0.187. The summed E-state index contributed by atoms with van der Waals surface area (Å²) in [6, 6.07) is 12.0. The van der Waals surface area contributed by atoms with Crippen molar-refractivity contribution in [2.45, 2.75) is 6.54 Å². The molecule has 1 heterocycles. The molecule has 0 saturated heterocycles. The Labute approximate surface area is 179 Å². The lowest BCUT2D eigenvalue weighted by atomic mass is 10.1. The van der Waals surface area contributed by atoms with Gasteiger partial charge in [0.15, 0.2) is 0 Å². The quantitative estimate of drug-likeness (QED) is 0.578. The molecular formula is C22H21ClN2O5. The third-order valence-electron chi connectivity index (χ3n) is 4.52. The summed E-state index contributed by atoms with van der Waals surface area (Å²) in [6.07, 6.45) is 3.70. The van der Waals surface area contributed by atoms with Gasteiger partial charge in [-0.15, -0.1) is 0 Å². The maximum absolute atomic E-state index is 12.8. The number of hydrogen-bond donors (Lipinski definition) is 1. The minimum Gasteiger partial charge on any atom is -0.496 e. The van der Waals surface area contributed by atoms with Gasteiger partial charge in [0.1, 0.15) is 17.1 Å². The number of nitrogens with zero attached hydrogens (tertiary/aromatic N) is 1. The van der Waals surface area contributed by atoms with E-state index in [4.69, 9.17) is 25.8 Å². The number of nitrogens with one attached hydrogen (secondary N) is 1. The highest BCUT2D eigenvalue weighted by molar-refractivity contribution is 6.33. The second-order valence-corrected chi connectivity index (χ2v) is 6.71. The zero-order chi connectivity index (χ0) is 21.7. The van der Waals surface area contributed by atoms with E-state index < -0.39 is 5.97 Å². The molecule has 1 aromatic heterocycles. The minimum atomic E-state index is -0.519. The smallest absolute Gasteiger partial charge is 0.341 e. The van der Waals surface area contributed by atoms with Crippen molar-refractivity contribution >= 4 is 23.5 Å². The van der Waals surface area contributed by atoms with Gasteiger partial charge in [0, 0.05) is 25.0 Å². The SMILES string of the molecule is COC(=O)c1cc(CNC(=O)c2cc(Cl)c(-n3cccc3)cc2OC)ccc1OC. The second kappa shape index (κ2) is 9.37. The normalized spacial score (nSPS) is 10.4. The monoisotopic (exact) mass is 428 g/mol. The van der Waals surface area contributed by atoms with Crippen molar-refractivity contribution in [2.24, 2.45) is 0 Å². The molecule has 0 unspecified atom stereocenters. The topological polar surface area (TPSA) is 78.8 Å². The summed E-state index contributed by atoms with van der Waals surface area (Å²) < 4.78 is 17.2. The van der Waals surface area contributed by atoms with Crippen molar-refractivity contribution in [3.8, 4) is 17.2 Å². The van der Waals surface area contributed by atoms with Gasteiger partial charge in [-0.3, -0.25) is 4.79 Å². The maximum Gasteiger partial charge on any atom is 0.341 e. The summed E-state index contributed by atoms with van der Waals surface area (Å²) in [7, 11) is 4.26. The first kappa shape index (κ1) is 21.3. The average Bonchev–Trinajstić information content (AvgIpc) is 3.31. The van der Waals surface area contributed by atoms with Crippen molar-refractivity contribution in [2.75, 3.05) is 21.3 Å². The molecule has 1 amide bonds. The fraction of sp³-hybridized carbons (Fsp3) is 0.182. The second-order valence-electron chi connectivity index (χ2n) is 6.30. The molecule has 0 aliphatic heterocycles. The number of esters is 1. The molecule has 3 rings (SSSR count). The molecule has 0 saturated carbocycles. The van der Waals surface area contributed by atoms with Crippen LogP contribution in [0.4, 0.5) is 0 Å². The first-order valence-corrected chi connectivity index (χ1v) is 9.40. The summed E-state index contributed by atoms with van der Waals surface area (Å²) in [5.41, 5.74) is 2.00. The van der Waals surface area contributed by atoms with E-state index >= 15 is 0 Å². The Hall–Kier alpha value is -3.45. The Morgan fingerprint density at radius 2 is 1.67 bits per heavy atom. The molecule has 0 spiro atoms. The van der Waals surface area contributed by atoms with Gasteiger partial charge in [0.2, 0.25) is 0 Å². The Kier molecular flexibility index (Phi) is 6.64. The van der Waals surface area contributed by atoms with Crippen LogP contribution in [0.25, 0.3) is 5.69 Å². The number of ether oxygens (including phenoxy) is 3. The summed E-state index contributed by atoms with van der Waals surface area (Å²) >= 11 is 6.39. The molecule has 2 aromatic carbocycles. The van der Waals surface area contributed by atoms with Crippen LogP contribution in [-0.2, 0) is 11.3 Å². The van der Waals surface area contributed by atoms with Gasteiger partial charge in [0.05, 0.1) is 37.6 Å². The number of halogens is 1. The van der Waals surface area contributed by atoms with Crippen LogP contribution < -0.4 is 14.8 Å². The van der Waals surface area contributed by atoms with Crippen molar-refractivity contribution in [3.63, 3.8) is 0 Å². The number of carbonyl (C=O) groups is 2. The van der Waals surface area contributed by atoms with Gasteiger partial charge < -0.3 is 24.1 Å². The summed E-state index contributed by atoms with van der Waals surface area (Å²) in [5.74, 6) is -0.0890. The van der Waals surface area contributed by atoms with Gasteiger partial charge >= 0.3 is 5.97 Å². The van der Waals surface area contributed by atoms with Crippen LogP contribution in [-0.4, -0.2) is 37.8 Å². The lowest BCUT2D eigenvalue weighted by Gasteiger charge is -2.14. The number of carbonyl (C=O) groups excluding carboxylic acids is 2. The lowest BCUT2D eigenvalue weighted by Crippen LogP contribution is -2.23. The van der Waals surface area contributed by atoms with E-state index in [2.05, 4.69) is 5.32 Å². The van der Waals surface area contributed by atoms with Crippen molar-refractivity contribution in [1.82, 2.24) is 9.88 Å². The number of rotatable bonds is 7. The fourth-order valence-electron chi connectivity index (χ4n) is 2.99. The van der Waals surface area contributed by atoms with Crippen LogP contribution in [0.3, 0.4) is 0 Å². The molecule has 8 heteroatoms. The van der Waals surface area contributed by atoms with Gasteiger partial charge in [-0.05, 0) is 35.9 Å². The van der Waals surface area contributed by atoms with Crippen LogP contribution in [0, 0.1) is 0 Å². The van der Waals surface area contributed by atoms with Crippen molar-refractivity contribution < 1.29 is 23.8 Å². The zero-order valence-electron chi connectivity index (χ0n) is 16.8. The predicted molar refractivity (Wildman–Crippen MR) is 113 cm³/mol. The van der Waals surface area contributed by atoms with E-state index in [-0.39, 0.29) is 18.0 Å². The van der Waals surface area contributed by atoms with Crippen LogP contribution in [0.1, 0.15) is 26.3 Å². The van der Waals surface area contributed by atoms with E-state index in [0.717, 1.165) is 0 Å². The van der Waals surface area contributed by atoms with Gasteiger partial charge in [-0.25, -0.2) is 4.79 Å². The molecule has 0 fully saturated rings. The predicted octanol–water partition coefficient (Wildman–Crippen LogP) is 3.86. The van der Waals surface area contributed by atoms with E-state index in [1.165, 1.54) is 21.3 Å². The molecule has 3 aromatic rings. The molecule has 0 atom stereocenters. The molecule has 0 aliphatic rings. The van der Waals surface area contributed by atoms with E-state index in [0.29, 0.717) is 33.3 Å². The Balaban J connectivity index is 1.81. The van der Waals surface area contributed by atoms with Gasteiger partial charge in [-0.2, -0.15) is 0 Å². The highest BCUT2D eigenvalue weighted by atomic mass is 35.5. The number of methoxy groups -OCH3 is 3. The van der Waals surface area contributed by atoms with E-state index in [1.807, 2.05) is 29.1 Å². The molecule has 0 bridgehead atoms. The van der Waals surface area contributed by atoms with E-state index in [1.54, 1.807) is 30.3 Å². The first-order valence-electron chi connectivity index (χ1n) is 9.02. The fourth-order valence-corrected chi connectivity index (χ4v) is 3.26. The van der Waals surface area contributed by atoms with Crippen molar-refractivity contribution in [1.29, 1.82) is 0 Å². The summed E-state index contributed by atoms with van der Waals surface area (Å²) in [5, 5.41) is 3.23. The van der Waals surface area contributed by atoms with Crippen LogP contribution in [0.2, 0.25) is 5.02 Å². The van der Waals surface area contributed by atoms with E-state index in [9.17, 15) is 9.59 Å². The summed E-state index contributed by atoms with van der Waals surface area (Å²) in [4.78, 5) is 24.7. The Morgan fingerprint density at radius 1 is 0.967 bits per heavy atom. The maximum atomic E-state index is 12.8. The number of aromatic nitrogens is 1. The summed E-state index contributed by atoms with van der Waals surface area (Å²) in [6.45, 7) is 0.187.